The van der Waals surface area contributed by atoms with Crippen molar-refractivity contribution < 1.29 is 0 Å². The van der Waals surface area contributed by atoms with E-state index in [1.54, 1.807) is 13.2 Å². The minimum absolute atomic E-state index is 1.01. The first-order chi connectivity index (χ1) is 6.42. The standard InChI is InChI=1S/C11H10N2/c1-12-8-9-4-2-6-11-10(9)5-3-7-13-11/h2-8H,1H3. The summed E-state index contributed by atoms with van der Waals surface area (Å²) in [6.45, 7) is 0. The molecule has 0 spiro atoms. The summed E-state index contributed by atoms with van der Waals surface area (Å²) >= 11 is 0. The van der Waals surface area contributed by atoms with Gasteiger partial charge in [-0.3, -0.25) is 9.98 Å². The van der Waals surface area contributed by atoms with Crippen LogP contribution in [0.2, 0.25) is 0 Å². The maximum absolute atomic E-state index is 4.26. The van der Waals surface area contributed by atoms with E-state index < -0.39 is 0 Å². The van der Waals surface area contributed by atoms with Gasteiger partial charge in [-0.05, 0) is 12.1 Å². The highest BCUT2D eigenvalue weighted by molar-refractivity contribution is 5.98. The van der Waals surface area contributed by atoms with E-state index in [4.69, 9.17) is 0 Å². The maximum Gasteiger partial charge on any atom is 0.0708 e. The van der Waals surface area contributed by atoms with E-state index in [0.717, 1.165) is 16.5 Å². The molecule has 0 aliphatic carbocycles. The fourth-order valence-electron chi connectivity index (χ4n) is 1.38. The molecule has 1 aromatic heterocycles. The number of pyridine rings is 1. The van der Waals surface area contributed by atoms with Crippen LogP contribution < -0.4 is 0 Å². The van der Waals surface area contributed by atoms with Crippen LogP contribution in [0, 0.1) is 0 Å². The Morgan fingerprint density at radius 3 is 3.00 bits per heavy atom. The van der Waals surface area contributed by atoms with Crippen molar-refractivity contribution in [3.8, 4) is 0 Å². The van der Waals surface area contributed by atoms with Crippen LogP contribution in [0.15, 0.2) is 41.5 Å². The summed E-state index contributed by atoms with van der Waals surface area (Å²) in [5, 5.41) is 1.15. The van der Waals surface area contributed by atoms with E-state index >= 15 is 0 Å². The fourth-order valence-corrected chi connectivity index (χ4v) is 1.38. The molecule has 0 unspecified atom stereocenters. The molecule has 1 heterocycles. The number of aromatic nitrogens is 1. The van der Waals surface area contributed by atoms with Crippen LogP contribution >= 0.6 is 0 Å². The van der Waals surface area contributed by atoms with Crippen LogP contribution in [0.3, 0.4) is 0 Å². The Kier molecular flexibility index (Phi) is 2.04. The van der Waals surface area contributed by atoms with Gasteiger partial charge in [0.25, 0.3) is 0 Å². The average Bonchev–Trinajstić information content (AvgIpc) is 2.19. The molecule has 0 radical (unpaired) electrons. The van der Waals surface area contributed by atoms with Gasteiger partial charge in [0, 0.05) is 30.4 Å². The molecule has 2 rings (SSSR count). The Morgan fingerprint density at radius 2 is 2.15 bits per heavy atom. The molecule has 0 N–H and O–H groups in total. The van der Waals surface area contributed by atoms with Crippen molar-refractivity contribution >= 4 is 17.1 Å². The van der Waals surface area contributed by atoms with E-state index in [-0.39, 0.29) is 0 Å². The second kappa shape index (κ2) is 3.35. The molecule has 0 fully saturated rings. The van der Waals surface area contributed by atoms with Crippen LogP contribution in [-0.4, -0.2) is 18.2 Å². The zero-order valence-electron chi connectivity index (χ0n) is 7.44. The van der Waals surface area contributed by atoms with Gasteiger partial charge >= 0.3 is 0 Å². The van der Waals surface area contributed by atoms with Crippen LogP contribution in [0.25, 0.3) is 10.9 Å². The third kappa shape index (κ3) is 1.43. The zero-order valence-corrected chi connectivity index (χ0v) is 7.44. The van der Waals surface area contributed by atoms with Crippen molar-refractivity contribution in [2.45, 2.75) is 0 Å². The topological polar surface area (TPSA) is 25.2 Å². The number of hydrogen-bond donors (Lipinski definition) is 0. The van der Waals surface area contributed by atoms with Gasteiger partial charge in [-0.25, -0.2) is 0 Å². The van der Waals surface area contributed by atoms with Crippen LogP contribution in [-0.2, 0) is 0 Å². The SMILES string of the molecule is CN=Cc1cccc2ncccc12. The number of benzene rings is 1. The van der Waals surface area contributed by atoms with Crippen molar-refractivity contribution in [3.05, 3.63) is 42.1 Å². The fraction of sp³-hybridized carbons (Fsp3) is 0.0909. The molecule has 2 heteroatoms. The molecule has 13 heavy (non-hydrogen) atoms. The van der Waals surface area contributed by atoms with Gasteiger partial charge in [-0.1, -0.05) is 18.2 Å². The monoisotopic (exact) mass is 170 g/mol. The predicted molar refractivity (Wildman–Crippen MR) is 55.3 cm³/mol. The number of nitrogens with zero attached hydrogens (tertiary/aromatic N) is 2. The molecule has 0 aliphatic heterocycles. The molecular weight excluding hydrogens is 160 g/mol. The number of rotatable bonds is 1. The Balaban J connectivity index is 2.75. The quantitative estimate of drug-likeness (QED) is 0.603. The molecule has 1 aromatic carbocycles. The van der Waals surface area contributed by atoms with Gasteiger partial charge in [0.1, 0.15) is 0 Å². The van der Waals surface area contributed by atoms with Crippen molar-refractivity contribution in [1.82, 2.24) is 4.98 Å². The molecule has 0 saturated heterocycles. The third-order valence-corrected chi connectivity index (χ3v) is 1.95. The maximum atomic E-state index is 4.26. The second-order valence-corrected chi connectivity index (χ2v) is 2.80. The van der Waals surface area contributed by atoms with Crippen molar-refractivity contribution in [2.24, 2.45) is 4.99 Å². The first kappa shape index (κ1) is 7.92. The number of hydrogen-bond acceptors (Lipinski definition) is 2. The number of fused-ring (bicyclic) bond motifs is 1. The summed E-state index contributed by atoms with van der Waals surface area (Å²) in [5.74, 6) is 0. The highest BCUT2D eigenvalue weighted by Gasteiger charge is 1.96. The lowest BCUT2D eigenvalue weighted by atomic mass is 10.1. The highest BCUT2D eigenvalue weighted by atomic mass is 14.7. The first-order valence-corrected chi connectivity index (χ1v) is 4.18. The van der Waals surface area contributed by atoms with Crippen molar-refractivity contribution in [1.29, 1.82) is 0 Å². The Hall–Kier alpha value is -1.70. The lowest BCUT2D eigenvalue weighted by Crippen LogP contribution is -1.85. The summed E-state index contributed by atoms with van der Waals surface area (Å²) in [7, 11) is 1.77. The molecule has 0 aliphatic rings. The van der Waals surface area contributed by atoms with Gasteiger partial charge in [0.15, 0.2) is 0 Å². The molecule has 64 valence electrons. The molecule has 0 bridgehead atoms. The molecule has 2 nitrogen and oxygen atoms in total. The molecule has 2 aromatic rings. The summed E-state index contributed by atoms with van der Waals surface area (Å²) in [6.07, 6.45) is 3.65. The molecular formula is C11H10N2. The van der Waals surface area contributed by atoms with Gasteiger partial charge in [-0.15, -0.1) is 0 Å². The smallest absolute Gasteiger partial charge is 0.0708 e. The second-order valence-electron chi connectivity index (χ2n) is 2.80. The van der Waals surface area contributed by atoms with Crippen LogP contribution in [0.4, 0.5) is 0 Å². The average molecular weight is 170 g/mol. The minimum Gasteiger partial charge on any atom is -0.296 e. The Labute approximate surface area is 77.0 Å². The molecule has 0 atom stereocenters. The van der Waals surface area contributed by atoms with Gasteiger partial charge < -0.3 is 0 Å². The summed E-state index contributed by atoms with van der Waals surface area (Å²) in [6, 6.07) is 10.0. The lowest BCUT2D eigenvalue weighted by molar-refractivity contribution is 1.41. The largest absolute Gasteiger partial charge is 0.296 e. The summed E-state index contributed by atoms with van der Waals surface area (Å²) < 4.78 is 0. The van der Waals surface area contributed by atoms with Gasteiger partial charge in [-0.2, -0.15) is 0 Å². The lowest BCUT2D eigenvalue weighted by Gasteiger charge is -1.99. The van der Waals surface area contributed by atoms with Gasteiger partial charge in [0.2, 0.25) is 0 Å². The highest BCUT2D eigenvalue weighted by Crippen LogP contribution is 2.14. The van der Waals surface area contributed by atoms with Crippen molar-refractivity contribution in [2.75, 3.05) is 7.05 Å². The third-order valence-electron chi connectivity index (χ3n) is 1.95. The van der Waals surface area contributed by atoms with Crippen LogP contribution in [0.5, 0.6) is 0 Å². The van der Waals surface area contributed by atoms with E-state index in [9.17, 15) is 0 Å². The van der Waals surface area contributed by atoms with E-state index in [2.05, 4.69) is 16.0 Å². The van der Waals surface area contributed by atoms with E-state index in [0.29, 0.717) is 0 Å². The summed E-state index contributed by atoms with van der Waals surface area (Å²) in [5.41, 5.74) is 2.13. The Morgan fingerprint density at radius 1 is 1.23 bits per heavy atom. The molecule has 0 amide bonds. The normalized spacial score (nSPS) is 11.2. The van der Waals surface area contributed by atoms with Crippen LogP contribution in [0.1, 0.15) is 5.56 Å². The van der Waals surface area contributed by atoms with Gasteiger partial charge in [0.05, 0.1) is 5.52 Å². The number of aliphatic imine (C=N–C) groups is 1. The zero-order chi connectivity index (χ0) is 9.10. The Bertz CT molecular complexity index is 441. The predicted octanol–water partition coefficient (Wildman–Crippen LogP) is 2.28. The van der Waals surface area contributed by atoms with Crippen molar-refractivity contribution in [3.63, 3.8) is 0 Å². The van der Waals surface area contributed by atoms with E-state index in [1.807, 2.05) is 30.5 Å². The summed E-state index contributed by atoms with van der Waals surface area (Å²) in [4.78, 5) is 8.27. The molecule has 0 saturated carbocycles. The minimum atomic E-state index is 1.01. The first-order valence-electron chi connectivity index (χ1n) is 4.18. The van der Waals surface area contributed by atoms with E-state index in [1.165, 1.54) is 0 Å².